The van der Waals surface area contributed by atoms with Gasteiger partial charge < -0.3 is 10.8 Å². The third-order valence-corrected chi connectivity index (χ3v) is 2.78. The van der Waals surface area contributed by atoms with Gasteiger partial charge in [-0.05, 0) is 36.2 Å². The van der Waals surface area contributed by atoms with Gasteiger partial charge in [-0.15, -0.1) is 0 Å². The van der Waals surface area contributed by atoms with Crippen LogP contribution in [0.4, 0.5) is 0 Å². The number of aromatic nitrogens is 1. The van der Waals surface area contributed by atoms with E-state index in [9.17, 15) is 5.11 Å². The van der Waals surface area contributed by atoms with Crippen molar-refractivity contribution in [1.29, 1.82) is 0 Å². The maximum Gasteiger partial charge on any atom is 0.115 e. The molecule has 0 aliphatic carbocycles. The van der Waals surface area contributed by atoms with E-state index < -0.39 is 0 Å². The smallest absolute Gasteiger partial charge is 0.115 e. The van der Waals surface area contributed by atoms with Crippen molar-refractivity contribution in [2.24, 2.45) is 5.73 Å². The highest BCUT2D eigenvalue weighted by molar-refractivity contribution is 5.28. The summed E-state index contributed by atoms with van der Waals surface area (Å²) < 4.78 is 0. The normalized spacial score (nSPS) is 12.3. The van der Waals surface area contributed by atoms with E-state index in [4.69, 9.17) is 5.73 Å². The molecule has 0 aliphatic rings. The average molecular weight is 228 g/mol. The first-order chi connectivity index (χ1) is 8.29. The van der Waals surface area contributed by atoms with Gasteiger partial charge >= 0.3 is 0 Å². The summed E-state index contributed by atoms with van der Waals surface area (Å²) in [5.74, 6) is 0.484. The van der Waals surface area contributed by atoms with Gasteiger partial charge in [0.1, 0.15) is 5.75 Å². The second-order valence-electron chi connectivity index (χ2n) is 4.06. The highest BCUT2D eigenvalue weighted by atomic mass is 16.3. The number of aromatic hydroxyl groups is 1. The molecule has 0 radical (unpaired) electrons. The molecule has 1 aromatic carbocycles. The molecule has 88 valence electrons. The van der Waals surface area contributed by atoms with Crippen LogP contribution in [-0.2, 0) is 6.42 Å². The van der Waals surface area contributed by atoms with E-state index in [2.05, 4.69) is 4.98 Å². The Morgan fingerprint density at radius 3 is 2.71 bits per heavy atom. The van der Waals surface area contributed by atoms with Gasteiger partial charge in [0.05, 0.1) is 0 Å². The molecule has 2 aromatic rings. The lowest BCUT2D eigenvalue weighted by atomic mass is 9.96. The van der Waals surface area contributed by atoms with Gasteiger partial charge in [0.25, 0.3) is 0 Å². The Morgan fingerprint density at radius 2 is 2.06 bits per heavy atom. The Morgan fingerprint density at radius 1 is 1.18 bits per heavy atom. The standard InChI is InChI=1S/C14H16N2O/c15-10-12(14-6-1-2-7-16-14)8-11-4-3-5-13(17)9-11/h1-7,9,12,17H,8,10,15H2. The molecule has 3 nitrogen and oxygen atoms in total. The van der Waals surface area contributed by atoms with Crippen LogP contribution in [0.15, 0.2) is 48.7 Å². The Hall–Kier alpha value is -1.87. The number of nitrogens with two attached hydrogens (primary N) is 1. The molecule has 3 heteroatoms. The van der Waals surface area contributed by atoms with Gasteiger partial charge in [-0.2, -0.15) is 0 Å². The number of nitrogens with zero attached hydrogens (tertiary/aromatic N) is 1. The van der Waals surface area contributed by atoms with E-state index >= 15 is 0 Å². The zero-order valence-corrected chi connectivity index (χ0v) is 9.58. The van der Waals surface area contributed by atoms with Crippen LogP contribution >= 0.6 is 0 Å². The Balaban J connectivity index is 2.16. The van der Waals surface area contributed by atoms with E-state index in [1.807, 2.05) is 30.3 Å². The van der Waals surface area contributed by atoms with Crippen molar-refractivity contribution in [1.82, 2.24) is 4.98 Å². The lowest BCUT2D eigenvalue weighted by Crippen LogP contribution is -2.16. The Labute approximate surface area is 101 Å². The molecule has 1 atom stereocenters. The van der Waals surface area contributed by atoms with Crippen molar-refractivity contribution in [2.45, 2.75) is 12.3 Å². The zero-order chi connectivity index (χ0) is 12.1. The van der Waals surface area contributed by atoms with Gasteiger partial charge in [0, 0.05) is 24.4 Å². The van der Waals surface area contributed by atoms with Crippen LogP contribution in [0.5, 0.6) is 5.75 Å². The molecule has 0 fully saturated rings. The highest BCUT2D eigenvalue weighted by Gasteiger charge is 2.11. The predicted octanol–water partition coefficient (Wildman–Crippen LogP) is 2.07. The lowest BCUT2D eigenvalue weighted by molar-refractivity contribution is 0.474. The molecule has 1 unspecified atom stereocenters. The summed E-state index contributed by atoms with van der Waals surface area (Å²) in [7, 11) is 0. The van der Waals surface area contributed by atoms with E-state index in [-0.39, 0.29) is 5.92 Å². The fourth-order valence-corrected chi connectivity index (χ4v) is 1.89. The van der Waals surface area contributed by atoms with Crippen LogP contribution in [-0.4, -0.2) is 16.6 Å². The Bertz CT molecular complexity index is 471. The highest BCUT2D eigenvalue weighted by Crippen LogP contribution is 2.20. The first-order valence-corrected chi connectivity index (χ1v) is 5.68. The summed E-state index contributed by atoms with van der Waals surface area (Å²) in [5.41, 5.74) is 7.86. The van der Waals surface area contributed by atoms with Gasteiger partial charge in [-0.1, -0.05) is 18.2 Å². The van der Waals surface area contributed by atoms with Gasteiger partial charge in [0.15, 0.2) is 0 Å². The van der Waals surface area contributed by atoms with Crippen molar-refractivity contribution in [3.8, 4) is 5.75 Å². The van der Waals surface area contributed by atoms with Crippen LogP contribution in [0.2, 0.25) is 0 Å². The maximum absolute atomic E-state index is 9.42. The predicted molar refractivity (Wildman–Crippen MR) is 67.8 cm³/mol. The minimum atomic E-state index is 0.193. The van der Waals surface area contributed by atoms with Crippen molar-refractivity contribution in [3.05, 3.63) is 59.9 Å². The van der Waals surface area contributed by atoms with Gasteiger partial charge in [0.2, 0.25) is 0 Å². The zero-order valence-electron chi connectivity index (χ0n) is 9.58. The summed E-state index contributed by atoms with van der Waals surface area (Å²) >= 11 is 0. The maximum atomic E-state index is 9.42. The second-order valence-corrected chi connectivity index (χ2v) is 4.06. The number of benzene rings is 1. The molecular formula is C14H16N2O. The number of hydrogen-bond acceptors (Lipinski definition) is 3. The molecule has 0 amide bonds. The third kappa shape index (κ3) is 3.04. The molecule has 0 saturated heterocycles. The molecule has 0 spiro atoms. The van der Waals surface area contributed by atoms with Crippen molar-refractivity contribution in [2.75, 3.05) is 6.54 Å². The molecule has 0 saturated carbocycles. The largest absolute Gasteiger partial charge is 0.508 e. The van der Waals surface area contributed by atoms with Crippen molar-refractivity contribution >= 4 is 0 Å². The molecular weight excluding hydrogens is 212 g/mol. The van der Waals surface area contributed by atoms with E-state index in [1.165, 1.54) is 0 Å². The number of rotatable bonds is 4. The van der Waals surface area contributed by atoms with Crippen LogP contribution in [0.3, 0.4) is 0 Å². The minimum absolute atomic E-state index is 0.193. The SMILES string of the molecule is NCC(Cc1cccc(O)c1)c1ccccn1. The molecule has 1 heterocycles. The first kappa shape index (κ1) is 11.6. The van der Waals surface area contributed by atoms with E-state index in [0.29, 0.717) is 12.3 Å². The number of pyridine rings is 1. The molecule has 2 rings (SSSR count). The van der Waals surface area contributed by atoms with Crippen LogP contribution in [0, 0.1) is 0 Å². The van der Waals surface area contributed by atoms with E-state index in [1.54, 1.807) is 18.3 Å². The van der Waals surface area contributed by atoms with E-state index in [0.717, 1.165) is 17.7 Å². The molecule has 0 bridgehead atoms. The van der Waals surface area contributed by atoms with Gasteiger partial charge in [-0.25, -0.2) is 0 Å². The fourth-order valence-electron chi connectivity index (χ4n) is 1.89. The van der Waals surface area contributed by atoms with Crippen molar-refractivity contribution < 1.29 is 5.11 Å². The number of hydrogen-bond donors (Lipinski definition) is 2. The van der Waals surface area contributed by atoms with Crippen LogP contribution in [0.1, 0.15) is 17.2 Å². The monoisotopic (exact) mass is 228 g/mol. The fraction of sp³-hybridized carbons (Fsp3) is 0.214. The summed E-state index contributed by atoms with van der Waals surface area (Å²) in [4.78, 5) is 4.33. The van der Waals surface area contributed by atoms with Gasteiger partial charge in [-0.3, -0.25) is 4.98 Å². The quantitative estimate of drug-likeness (QED) is 0.842. The third-order valence-electron chi connectivity index (χ3n) is 2.78. The average Bonchev–Trinajstić information content (AvgIpc) is 2.37. The number of phenols is 1. The topological polar surface area (TPSA) is 59.1 Å². The van der Waals surface area contributed by atoms with Crippen LogP contribution in [0.25, 0.3) is 0 Å². The summed E-state index contributed by atoms with van der Waals surface area (Å²) in [6, 6.07) is 13.1. The molecule has 0 aliphatic heterocycles. The lowest BCUT2D eigenvalue weighted by Gasteiger charge is -2.14. The van der Waals surface area contributed by atoms with Crippen LogP contribution < -0.4 is 5.73 Å². The minimum Gasteiger partial charge on any atom is -0.508 e. The van der Waals surface area contributed by atoms with Crippen molar-refractivity contribution in [3.63, 3.8) is 0 Å². The summed E-state index contributed by atoms with van der Waals surface area (Å²) in [6.45, 7) is 0.548. The molecule has 1 aromatic heterocycles. The summed E-state index contributed by atoms with van der Waals surface area (Å²) in [6.07, 6.45) is 2.57. The number of phenolic OH excluding ortho intramolecular Hbond substituents is 1. The molecule has 17 heavy (non-hydrogen) atoms. The Kier molecular flexibility index (Phi) is 3.73. The second kappa shape index (κ2) is 5.46. The summed E-state index contributed by atoms with van der Waals surface area (Å²) in [5, 5.41) is 9.42. The first-order valence-electron chi connectivity index (χ1n) is 5.68. The molecule has 3 N–H and O–H groups in total.